The van der Waals surface area contributed by atoms with Crippen LogP contribution < -0.4 is 4.74 Å². The molecule has 0 spiro atoms. The zero-order valence-electron chi connectivity index (χ0n) is 9.74. The molecule has 1 N–H and O–H groups in total. The van der Waals surface area contributed by atoms with Gasteiger partial charge >= 0.3 is 0 Å². The van der Waals surface area contributed by atoms with Gasteiger partial charge in [0.15, 0.2) is 6.61 Å². The quantitative estimate of drug-likeness (QED) is 0.736. The smallest absolute Gasteiger partial charge is 0.212 e. The van der Waals surface area contributed by atoms with Gasteiger partial charge in [-0.05, 0) is 11.3 Å². The van der Waals surface area contributed by atoms with Crippen LogP contribution in [0.3, 0.4) is 0 Å². The normalized spacial score (nSPS) is 9.67. The first-order valence-electron chi connectivity index (χ1n) is 5.18. The fraction of sp³-hybridized carbons (Fsp3) is 0.273. The van der Waals surface area contributed by atoms with Gasteiger partial charge in [0, 0.05) is 11.8 Å². The molecule has 0 unspecified atom stereocenters. The number of nitrogens with zero attached hydrogens (tertiary/aromatic N) is 5. The van der Waals surface area contributed by atoms with Crippen LogP contribution in [-0.4, -0.2) is 36.9 Å². The van der Waals surface area contributed by atoms with Gasteiger partial charge < -0.3 is 9.84 Å². The maximum atomic E-state index is 8.60. The Labute approximate surface area is 103 Å². The number of pyridine rings is 1. The molecule has 0 fully saturated rings. The SMILES string of the molecule is Cn1nnc(COc2cncc(C#CCO)c2)n1. The Bertz CT molecular complexity index is 584. The Morgan fingerprint density at radius 2 is 2.33 bits per heavy atom. The van der Waals surface area contributed by atoms with Gasteiger partial charge in [-0.25, -0.2) is 0 Å². The molecule has 2 aromatic heterocycles. The Morgan fingerprint density at radius 3 is 3.06 bits per heavy atom. The molecule has 0 saturated carbocycles. The summed E-state index contributed by atoms with van der Waals surface area (Å²) in [5.41, 5.74) is 0.675. The molecule has 2 rings (SSSR count). The summed E-state index contributed by atoms with van der Waals surface area (Å²) < 4.78 is 5.45. The third-order valence-corrected chi connectivity index (χ3v) is 1.94. The molecule has 0 bridgehead atoms. The van der Waals surface area contributed by atoms with E-state index in [1.165, 1.54) is 4.80 Å². The maximum absolute atomic E-state index is 8.60. The van der Waals surface area contributed by atoms with Crippen molar-refractivity contribution >= 4 is 0 Å². The van der Waals surface area contributed by atoms with Crippen molar-refractivity contribution in [3.05, 3.63) is 29.8 Å². The molecule has 7 nitrogen and oxygen atoms in total. The molecule has 0 saturated heterocycles. The molecule has 0 atom stereocenters. The summed E-state index contributed by atoms with van der Waals surface area (Å²) in [5.74, 6) is 6.34. The fourth-order valence-electron chi connectivity index (χ4n) is 1.24. The van der Waals surface area contributed by atoms with E-state index in [1.54, 1.807) is 25.5 Å². The first-order valence-corrected chi connectivity index (χ1v) is 5.18. The van der Waals surface area contributed by atoms with Crippen molar-refractivity contribution in [3.8, 4) is 17.6 Å². The highest BCUT2D eigenvalue weighted by Gasteiger charge is 2.02. The average molecular weight is 245 g/mol. The van der Waals surface area contributed by atoms with Gasteiger partial charge in [-0.15, -0.1) is 10.2 Å². The van der Waals surface area contributed by atoms with E-state index in [0.29, 0.717) is 17.1 Å². The molecule has 2 aromatic rings. The summed E-state index contributed by atoms with van der Waals surface area (Å²) in [5, 5.41) is 20.1. The minimum absolute atomic E-state index is 0.186. The molecule has 0 amide bonds. The third kappa shape index (κ3) is 3.26. The fourth-order valence-corrected chi connectivity index (χ4v) is 1.24. The minimum Gasteiger partial charge on any atom is -0.484 e. The summed E-state index contributed by atoms with van der Waals surface area (Å²) in [6, 6.07) is 1.73. The summed E-state index contributed by atoms with van der Waals surface area (Å²) >= 11 is 0. The molecule has 0 aliphatic rings. The molecular weight excluding hydrogens is 234 g/mol. The molecule has 0 aliphatic heterocycles. The van der Waals surface area contributed by atoms with Gasteiger partial charge in [0.25, 0.3) is 0 Å². The van der Waals surface area contributed by atoms with E-state index in [2.05, 4.69) is 32.2 Å². The number of rotatable bonds is 3. The zero-order valence-corrected chi connectivity index (χ0v) is 9.74. The number of tetrazole rings is 1. The summed E-state index contributed by atoms with van der Waals surface area (Å²) in [6.45, 7) is 0.0288. The Hall–Kier alpha value is -2.46. The lowest BCUT2D eigenvalue weighted by atomic mass is 10.3. The highest BCUT2D eigenvalue weighted by molar-refractivity contribution is 5.36. The summed E-state index contributed by atoms with van der Waals surface area (Å²) in [4.78, 5) is 5.35. The number of aliphatic hydroxyl groups is 1. The van der Waals surface area contributed by atoms with Crippen molar-refractivity contribution in [1.82, 2.24) is 25.2 Å². The number of hydrogen-bond donors (Lipinski definition) is 1. The van der Waals surface area contributed by atoms with Crippen molar-refractivity contribution in [1.29, 1.82) is 0 Å². The van der Waals surface area contributed by atoms with Crippen molar-refractivity contribution in [2.24, 2.45) is 7.05 Å². The summed E-state index contributed by atoms with van der Waals surface area (Å²) in [7, 11) is 1.68. The van der Waals surface area contributed by atoms with E-state index in [1.807, 2.05) is 0 Å². The van der Waals surface area contributed by atoms with E-state index >= 15 is 0 Å². The van der Waals surface area contributed by atoms with Crippen LogP contribution in [-0.2, 0) is 13.7 Å². The molecule has 92 valence electrons. The second-order valence-electron chi connectivity index (χ2n) is 3.35. The first kappa shape index (κ1) is 12.0. The first-order chi connectivity index (χ1) is 8.78. The number of aryl methyl sites for hydroxylation is 1. The largest absolute Gasteiger partial charge is 0.484 e. The van der Waals surface area contributed by atoms with Crippen molar-refractivity contribution < 1.29 is 9.84 Å². The lowest BCUT2D eigenvalue weighted by molar-refractivity contribution is 0.294. The van der Waals surface area contributed by atoms with E-state index in [4.69, 9.17) is 9.84 Å². The monoisotopic (exact) mass is 245 g/mol. The van der Waals surface area contributed by atoms with Crippen LogP contribution in [0.25, 0.3) is 0 Å². The van der Waals surface area contributed by atoms with Crippen LogP contribution >= 0.6 is 0 Å². The maximum Gasteiger partial charge on any atom is 0.212 e. The second kappa shape index (κ2) is 5.75. The average Bonchev–Trinajstić information content (AvgIpc) is 2.80. The van der Waals surface area contributed by atoms with Gasteiger partial charge in [0.1, 0.15) is 12.4 Å². The predicted octanol–water partition coefficient (Wildman–Crippen LogP) is -0.472. The van der Waals surface area contributed by atoms with Crippen LogP contribution in [0.5, 0.6) is 5.75 Å². The standard InChI is InChI=1S/C11H11N5O2/c1-16-14-11(13-15-16)8-18-10-5-9(3-2-4-17)6-12-7-10/h5-7,17H,4,8H2,1H3. The zero-order chi connectivity index (χ0) is 12.8. The van der Waals surface area contributed by atoms with Gasteiger partial charge in [0.2, 0.25) is 5.82 Å². The molecule has 0 radical (unpaired) electrons. The Balaban J connectivity index is 2.01. The number of aromatic nitrogens is 5. The molecule has 2 heterocycles. The second-order valence-corrected chi connectivity index (χ2v) is 3.35. The predicted molar refractivity (Wildman–Crippen MR) is 61.3 cm³/mol. The van der Waals surface area contributed by atoms with Gasteiger partial charge in [0.05, 0.1) is 13.2 Å². The summed E-state index contributed by atoms with van der Waals surface area (Å²) in [6.07, 6.45) is 3.16. The van der Waals surface area contributed by atoms with Crippen molar-refractivity contribution in [2.75, 3.05) is 6.61 Å². The lowest BCUT2D eigenvalue weighted by Gasteiger charge is -2.02. The van der Waals surface area contributed by atoms with Crippen LogP contribution in [0, 0.1) is 11.8 Å². The minimum atomic E-state index is -0.186. The topological polar surface area (TPSA) is 86.0 Å². The third-order valence-electron chi connectivity index (χ3n) is 1.94. The number of ether oxygens (including phenoxy) is 1. The highest BCUT2D eigenvalue weighted by atomic mass is 16.5. The van der Waals surface area contributed by atoms with E-state index in [9.17, 15) is 0 Å². The van der Waals surface area contributed by atoms with Crippen molar-refractivity contribution in [2.45, 2.75) is 6.61 Å². The van der Waals surface area contributed by atoms with Gasteiger partial charge in [-0.2, -0.15) is 4.80 Å². The van der Waals surface area contributed by atoms with Crippen LogP contribution in [0.1, 0.15) is 11.4 Å². The number of hydrogen-bond acceptors (Lipinski definition) is 6. The molecule has 18 heavy (non-hydrogen) atoms. The number of aliphatic hydroxyl groups excluding tert-OH is 1. The molecule has 0 aromatic carbocycles. The molecule has 7 heteroatoms. The molecular formula is C11H11N5O2. The van der Waals surface area contributed by atoms with Gasteiger partial charge in [-0.1, -0.05) is 11.8 Å². The Kier molecular flexibility index (Phi) is 3.83. The highest BCUT2D eigenvalue weighted by Crippen LogP contribution is 2.11. The molecule has 0 aliphatic carbocycles. The van der Waals surface area contributed by atoms with Crippen LogP contribution in [0.15, 0.2) is 18.5 Å². The van der Waals surface area contributed by atoms with Gasteiger partial charge in [-0.3, -0.25) is 4.98 Å². The van der Waals surface area contributed by atoms with Crippen molar-refractivity contribution in [3.63, 3.8) is 0 Å². The van der Waals surface area contributed by atoms with E-state index < -0.39 is 0 Å². The van der Waals surface area contributed by atoms with E-state index in [-0.39, 0.29) is 13.2 Å². The van der Waals surface area contributed by atoms with E-state index in [0.717, 1.165) is 0 Å². The Morgan fingerprint density at radius 1 is 1.44 bits per heavy atom. The lowest BCUT2D eigenvalue weighted by Crippen LogP contribution is -1.99. The van der Waals surface area contributed by atoms with Crippen LogP contribution in [0.2, 0.25) is 0 Å². The van der Waals surface area contributed by atoms with Crippen LogP contribution in [0.4, 0.5) is 0 Å².